The van der Waals surface area contributed by atoms with Crippen LogP contribution in [0.15, 0.2) is 24.3 Å². The lowest BCUT2D eigenvalue weighted by atomic mass is 9.93. The third kappa shape index (κ3) is 3.62. The van der Waals surface area contributed by atoms with Gasteiger partial charge in [0.05, 0.1) is 0 Å². The van der Waals surface area contributed by atoms with E-state index >= 15 is 0 Å². The molecule has 16 heavy (non-hydrogen) atoms. The summed E-state index contributed by atoms with van der Waals surface area (Å²) in [6.07, 6.45) is 0. The van der Waals surface area contributed by atoms with Crippen LogP contribution in [-0.2, 0) is 6.54 Å². The van der Waals surface area contributed by atoms with Gasteiger partial charge in [-0.05, 0) is 19.4 Å². The highest BCUT2D eigenvalue weighted by atomic mass is 15.2. The maximum absolute atomic E-state index is 5.95. The Kier molecular flexibility index (Phi) is 4.51. The predicted octanol–water partition coefficient (Wildman–Crippen LogP) is 2.55. The molecule has 2 rings (SSSR count). The van der Waals surface area contributed by atoms with Crippen molar-refractivity contribution in [2.24, 2.45) is 5.73 Å². The molecular formula is C14H24N2. The monoisotopic (exact) mass is 220 g/mol. The topological polar surface area (TPSA) is 29.3 Å². The highest BCUT2D eigenvalue weighted by Crippen LogP contribution is 2.19. The summed E-state index contributed by atoms with van der Waals surface area (Å²) in [6.45, 7) is 11.3. The molecule has 0 aliphatic carbocycles. The smallest absolute Gasteiger partial charge is 0.0384 e. The molecule has 1 aliphatic heterocycles. The molecule has 0 amide bonds. The quantitative estimate of drug-likeness (QED) is 0.830. The molecule has 0 saturated carbocycles. The van der Waals surface area contributed by atoms with Gasteiger partial charge in [-0.15, -0.1) is 0 Å². The molecule has 1 aromatic carbocycles. The van der Waals surface area contributed by atoms with Crippen molar-refractivity contribution in [2.45, 2.75) is 39.8 Å². The Morgan fingerprint density at radius 1 is 1.19 bits per heavy atom. The first-order valence-corrected chi connectivity index (χ1v) is 6.12. The number of aryl methyl sites for hydroxylation is 1. The van der Waals surface area contributed by atoms with Crippen LogP contribution in [0.3, 0.4) is 0 Å². The highest BCUT2D eigenvalue weighted by molar-refractivity contribution is 5.21. The summed E-state index contributed by atoms with van der Waals surface area (Å²) in [5.74, 6) is 0. The minimum atomic E-state index is 0.0463. The van der Waals surface area contributed by atoms with E-state index in [0.717, 1.165) is 19.6 Å². The van der Waals surface area contributed by atoms with E-state index in [4.69, 9.17) is 5.73 Å². The van der Waals surface area contributed by atoms with Gasteiger partial charge in [-0.1, -0.05) is 43.7 Å². The van der Waals surface area contributed by atoms with Crippen LogP contribution >= 0.6 is 0 Å². The second kappa shape index (κ2) is 5.46. The first-order valence-electron chi connectivity index (χ1n) is 6.12. The van der Waals surface area contributed by atoms with E-state index < -0.39 is 0 Å². The molecule has 1 aromatic rings. The van der Waals surface area contributed by atoms with E-state index in [2.05, 4.69) is 43.0 Å². The molecule has 2 N–H and O–H groups in total. The summed E-state index contributed by atoms with van der Waals surface area (Å²) in [4.78, 5) is 2.38. The summed E-state index contributed by atoms with van der Waals surface area (Å²) in [5.41, 5.74) is 8.70. The molecule has 2 nitrogen and oxygen atoms in total. The van der Waals surface area contributed by atoms with Gasteiger partial charge in [0.1, 0.15) is 0 Å². The molecule has 0 unspecified atom stereocenters. The zero-order chi connectivity index (χ0) is 12.2. The Morgan fingerprint density at radius 3 is 2.12 bits per heavy atom. The van der Waals surface area contributed by atoms with E-state index in [1.807, 2.05) is 13.8 Å². The normalized spacial score (nSPS) is 18.3. The molecule has 0 aromatic heterocycles. The summed E-state index contributed by atoms with van der Waals surface area (Å²) in [6, 6.07) is 8.72. The van der Waals surface area contributed by atoms with E-state index in [1.54, 1.807) is 0 Å². The van der Waals surface area contributed by atoms with Gasteiger partial charge in [0.2, 0.25) is 0 Å². The molecule has 1 saturated heterocycles. The molecular weight excluding hydrogens is 196 g/mol. The largest absolute Gasteiger partial charge is 0.323 e. The molecule has 2 heteroatoms. The van der Waals surface area contributed by atoms with E-state index in [0.29, 0.717) is 0 Å². The van der Waals surface area contributed by atoms with Gasteiger partial charge in [-0.25, -0.2) is 0 Å². The minimum Gasteiger partial charge on any atom is -0.323 e. The third-order valence-electron chi connectivity index (χ3n) is 2.70. The Bertz CT molecular complexity index is 306. The SMILES string of the molecule is CC.Cc1ccc(CN2CC(C)(N)C2)cc1. The summed E-state index contributed by atoms with van der Waals surface area (Å²) < 4.78 is 0. The van der Waals surface area contributed by atoms with Crippen molar-refractivity contribution in [3.63, 3.8) is 0 Å². The molecule has 0 spiro atoms. The highest BCUT2D eigenvalue weighted by Gasteiger charge is 2.34. The second-order valence-electron chi connectivity index (χ2n) is 4.78. The van der Waals surface area contributed by atoms with Crippen molar-refractivity contribution in [1.82, 2.24) is 4.90 Å². The van der Waals surface area contributed by atoms with Crippen LogP contribution in [0.25, 0.3) is 0 Å². The first kappa shape index (κ1) is 13.2. The van der Waals surface area contributed by atoms with Crippen molar-refractivity contribution in [1.29, 1.82) is 0 Å². The lowest BCUT2D eigenvalue weighted by Crippen LogP contribution is -2.64. The molecule has 0 atom stereocenters. The average molecular weight is 220 g/mol. The van der Waals surface area contributed by atoms with Crippen LogP contribution < -0.4 is 5.73 Å². The number of nitrogens with two attached hydrogens (primary N) is 1. The molecule has 1 aliphatic rings. The van der Waals surface area contributed by atoms with Crippen molar-refractivity contribution in [2.75, 3.05) is 13.1 Å². The van der Waals surface area contributed by atoms with Gasteiger partial charge in [0.25, 0.3) is 0 Å². The number of hydrogen-bond acceptors (Lipinski definition) is 2. The number of nitrogens with zero attached hydrogens (tertiary/aromatic N) is 1. The maximum atomic E-state index is 5.95. The predicted molar refractivity (Wildman–Crippen MR) is 70.4 cm³/mol. The van der Waals surface area contributed by atoms with Gasteiger partial charge in [0, 0.05) is 25.2 Å². The van der Waals surface area contributed by atoms with Crippen LogP contribution in [0.5, 0.6) is 0 Å². The number of benzene rings is 1. The molecule has 0 bridgehead atoms. The van der Waals surface area contributed by atoms with Gasteiger partial charge < -0.3 is 5.73 Å². The van der Waals surface area contributed by atoms with Crippen molar-refractivity contribution < 1.29 is 0 Å². The number of rotatable bonds is 2. The standard InChI is InChI=1S/C12H18N2.C2H6/c1-10-3-5-11(6-4-10)7-14-8-12(2,13)9-14;1-2/h3-6H,7-9,13H2,1-2H3;1-2H3. The van der Waals surface area contributed by atoms with Crippen LogP contribution in [0.4, 0.5) is 0 Å². The lowest BCUT2D eigenvalue weighted by Gasteiger charge is -2.45. The van der Waals surface area contributed by atoms with Crippen molar-refractivity contribution in [3.05, 3.63) is 35.4 Å². The molecule has 0 radical (unpaired) electrons. The van der Waals surface area contributed by atoms with E-state index in [9.17, 15) is 0 Å². The van der Waals surface area contributed by atoms with Gasteiger partial charge in [-0.2, -0.15) is 0 Å². The molecule has 1 heterocycles. The van der Waals surface area contributed by atoms with Gasteiger partial charge in [0.15, 0.2) is 0 Å². The Labute approximate surface area is 99.5 Å². The molecule has 1 fully saturated rings. The van der Waals surface area contributed by atoms with E-state index in [-0.39, 0.29) is 5.54 Å². The van der Waals surface area contributed by atoms with Crippen LogP contribution in [-0.4, -0.2) is 23.5 Å². The van der Waals surface area contributed by atoms with Gasteiger partial charge in [-0.3, -0.25) is 4.90 Å². The summed E-state index contributed by atoms with van der Waals surface area (Å²) >= 11 is 0. The lowest BCUT2D eigenvalue weighted by molar-refractivity contribution is 0.0764. The Hall–Kier alpha value is -0.860. The first-order chi connectivity index (χ1) is 7.55. The summed E-state index contributed by atoms with van der Waals surface area (Å²) in [5, 5.41) is 0. The zero-order valence-corrected chi connectivity index (χ0v) is 11.0. The average Bonchev–Trinajstić information content (AvgIpc) is 2.22. The maximum Gasteiger partial charge on any atom is 0.0384 e. The second-order valence-corrected chi connectivity index (χ2v) is 4.78. The summed E-state index contributed by atoms with van der Waals surface area (Å²) in [7, 11) is 0. The van der Waals surface area contributed by atoms with E-state index in [1.165, 1.54) is 11.1 Å². The minimum absolute atomic E-state index is 0.0463. The van der Waals surface area contributed by atoms with Gasteiger partial charge >= 0.3 is 0 Å². The third-order valence-corrected chi connectivity index (χ3v) is 2.70. The van der Waals surface area contributed by atoms with Crippen molar-refractivity contribution >= 4 is 0 Å². The fourth-order valence-electron chi connectivity index (χ4n) is 2.04. The Balaban J connectivity index is 0.000000606. The van der Waals surface area contributed by atoms with Crippen LogP contribution in [0, 0.1) is 6.92 Å². The number of likely N-dealkylation sites (tertiary alicyclic amines) is 1. The van der Waals surface area contributed by atoms with Crippen LogP contribution in [0.2, 0.25) is 0 Å². The molecule has 90 valence electrons. The van der Waals surface area contributed by atoms with Crippen molar-refractivity contribution in [3.8, 4) is 0 Å². The zero-order valence-electron chi connectivity index (χ0n) is 11.0. The van der Waals surface area contributed by atoms with Crippen LogP contribution in [0.1, 0.15) is 31.9 Å². The number of hydrogen-bond donors (Lipinski definition) is 1. The Morgan fingerprint density at radius 2 is 1.69 bits per heavy atom. The fourth-order valence-corrected chi connectivity index (χ4v) is 2.04. The fraction of sp³-hybridized carbons (Fsp3) is 0.571.